The van der Waals surface area contributed by atoms with Crippen LogP contribution < -0.4 is 0 Å². The van der Waals surface area contributed by atoms with Crippen LogP contribution in [0, 0.1) is 0 Å². The van der Waals surface area contributed by atoms with Gasteiger partial charge in [0.1, 0.15) is 0 Å². The van der Waals surface area contributed by atoms with Crippen LogP contribution in [0.2, 0.25) is 0 Å². The topological polar surface area (TPSA) is 0 Å². The van der Waals surface area contributed by atoms with Gasteiger partial charge in [0.25, 0.3) is 0 Å². The van der Waals surface area contributed by atoms with Crippen molar-refractivity contribution in [3.05, 3.63) is 204 Å². The highest BCUT2D eigenvalue weighted by Crippen LogP contribution is 2.55. The molecule has 2 aliphatic carbocycles. The predicted molar refractivity (Wildman–Crippen MR) is 248 cm³/mol. The molecule has 0 aliphatic heterocycles. The Labute approximate surface area is 340 Å². The number of fused-ring (bicyclic) bond motifs is 11. The molecule has 0 saturated carbocycles. The third-order valence-electron chi connectivity index (χ3n) is 13.8. The van der Waals surface area contributed by atoms with Gasteiger partial charge in [-0.05, 0) is 139 Å². The standard InChI is InChI=1S/C58H42/c1-57(2)52-32-36(49-34-50-40-20-13-14-27-51(40)58(3,4)56(50)48-25-12-7-19-39(48)49)28-30-41(52)42-31-29-37(33-53(42)57)54-44-21-8-10-23-46(44)55(47-24-11-9-22-45(47)54)43-26-15-17-35-16-5-6-18-38(35)43/h5-34H,1-4H3. The van der Waals surface area contributed by atoms with Gasteiger partial charge in [-0.2, -0.15) is 0 Å². The molecule has 10 aromatic carbocycles. The van der Waals surface area contributed by atoms with E-state index in [0.29, 0.717) is 0 Å². The molecule has 0 bridgehead atoms. The van der Waals surface area contributed by atoms with E-state index in [1.165, 1.54) is 121 Å². The Bertz CT molecular complexity index is 3330. The summed E-state index contributed by atoms with van der Waals surface area (Å²) in [5.74, 6) is 0. The molecule has 0 heteroatoms. The maximum Gasteiger partial charge on any atom is 0.0165 e. The minimum atomic E-state index is -0.188. The lowest BCUT2D eigenvalue weighted by atomic mass is 9.78. The van der Waals surface area contributed by atoms with Crippen molar-refractivity contribution in [2.75, 3.05) is 0 Å². The molecule has 0 nitrogen and oxygen atoms in total. The van der Waals surface area contributed by atoms with Crippen LogP contribution in [-0.2, 0) is 10.8 Å². The average molecular weight is 739 g/mol. The Morgan fingerprint density at radius 2 is 0.759 bits per heavy atom. The van der Waals surface area contributed by atoms with Crippen molar-refractivity contribution in [2.24, 2.45) is 0 Å². The van der Waals surface area contributed by atoms with E-state index in [0.717, 1.165) is 0 Å². The van der Waals surface area contributed by atoms with Gasteiger partial charge < -0.3 is 0 Å². The van der Waals surface area contributed by atoms with E-state index in [1.54, 1.807) is 0 Å². The van der Waals surface area contributed by atoms with E-state index < -0.39 is 0 Å². The van der Waals surface area contributed by atoms with E-state index in [2.05, 4.69) is 210 Å². The molecule has 0 atom stereocenters. The third kappa shape index (κ3) is 4.46. The molecule has 0 heterocycles. The van der Waals surface area contributed by atoms with E-state index >= 15 is 0 Å². The van der Waals surface area contributed by atoms with Gasteiger partial charge in [-0.3, -0.25) is 0 Å². The normalized spacial score (nSPS) is 14.5. The molecular formula is C58H42. The van der Waals surface area contributed by atoms with Crippen LogP contribution in [0.3, 0.4) is 0 Å². The van der Waals surface area contributed by atoms with Crippen LogP contribution >= 0.6 is 0 Å². The Balaban J connectivity index is 1.03. The van der Waals surface area contributed by atoms with Crippen molar-refractivity contribution in [1.29, 1.82) is 0 Å². The molecule has 0 saturated heterocycles. The van der Waals surface area contributed by atoms with Gasteiger partial charge >= 0.3 is 0 Å². The summed E-state index contributed by atoms with van der Waals surface area (Å²) in [6, 6.07) is 68.6. The first kappa shape index (κ1) is 33.4. The lowest BCUT2D eigenvalue weighted by Crippen LogP contribution is -2.15. The van der Waals surface area contributed by atoms with Gasteiger partial charge in [-0.15, -0.1) is 0 Å². The molecule has 10 aromatic rings. The predicted octanol–water partition coefficient (Wildman–Crippen LogP) is 15.9. The fourth-order valence-corrected chi connectivity index (χ4v) is 11.1. The van der Waals surface area contributed by atoms with Crippen molar-refractivity contribution < 1.29 is 0 Å². The maximum atomic E-state index is 2.50. The first-order valence-electron chi connectivity index (χ1n) is 20.7. The quantitative estimate of drug-likeness (QED) is 0.158. The summed E-state index contributed by atoms with van der Waals surface area (Å²) < 4.78 is 0. The first-order chi connectivity index (χ1) is 28.3. The fraction of sp³-hybridized carbons (Fsp3) is 0.103. The SMILES string of the molecule is CC1(C)c2cc(-c3cc4c(c5ccccc35)C(C)(C)c3ccccc3-4)ccc2-c2ccc(-c3c4ccccc4c(-c4cccc5ccccc45)c4ccccc34)cc21. The molecule has 0 unspecified atom stereocenters. The minimum Gasteiger partial charge on any atom is -0.0619 e. The van der Waals surface area contributed by atoms with Crippen molar-refractivity contribution in [3.63, 3.8) is 0 Å². The van der Waals surface area contributed by atoms with Crippen molar-refractivity contribution in [3.8, 4) is 55.6 Å². The number of benzene rings is 10. The second kappa shape index (κ2) is 11.9. The van der Waals surface area contributed by atoms with E-state index in [1.807, 2.05) is 0 Å². The number of hydrogen-bond donors (Lipinski definition) is 0. The summed E-state index contributed by atoms with van der Waals surface area (Å²) in [5, 5.41) is 10.4. The van der Waals surface area contributed by atoms with Crippen molar-refractivity contribution in [2.45, 2.75) is 38.5 Å². The minimum absolute atomic E-state index is 0.0593. The highest BCUT2D eigenvalue weighted by Gasteiger charge is 2.39. The zero-order valence-electron chi connectivity index (χ0n) is 33.3. The van der Waals surface area contributed by atoms with Gasteiger partial charge in [-0.25, -0.2) is 0 Å². The van der Waals surface area contributed by atoms with Gasteiger partial charge in [0, 0.05) is 10.8 Å². The van der Waals surface area contributed by atoms with Crippen molar-refractivity contribution in [1.82, 2.24) is 0 Å². The van der Waals surface area contributed by atoms with Crippen LogP contribution in [-0.4, -0.2) is 0 Å². The molecule has 0 amide bonds. The van der Waals surface area contributed by atoms with Crippen LogP contribution in [0.5, 0.6) is 0 Å². The second-order valence-corrected chi connectivity index (χ2v) is 17.6. The van der Waals surface area contributed by atoms with Crippen LogP contribution in [0.1, 0.15) is 49.9 Å². The number of rotatable bonds is 3. The lowest BCUT2D eigenvalue weighted by Gasteiger charge is -2.25. The summed E-state index contributed by atoms with van der Waals surface area (Å²) in [7, 11) is 0. The van der Waals surface area contributed by atoms with E-state index in [-0.39, 0.29) is 10.8 Å². The Morgan fingerprint density at radius 1 is 0.276 bits per heavy atom. The van der Waals surface area contributed by atoms with Crippen LogP contribution in [0.4, 0.5) is 0 Å². The maximum absolute atomic E-state index is 2.50. The lowest BCUT2D eigenvalue weighted by molar-refractivity contribution is 0.661. The highest BCUT2D eigenvalue weighted by atomic mass is 14.4. The largest absolute Gasteiger partial charge is 0.0619 e. The van der Waals surface area contributed by atoms with Crippen molar-refractivity contribution >= 4 is 43.1 Å². The molecule has 0 aromatic heterocycles. The summed E-state index contributed by atoms with van der Waals surface area (Å²) in [6.07, 6.45) is 0. The Kier molecular flexibility index (Phi) is 6.84. The van der Waals surface area contributed by atoms with Gasteiger partial charge in [-0.1, -0.05) is 191 Å². The molecule has 0 N–H and O–H groups in total. The summed E-state index contributed by atoms with van der Waals surface area (Å²) >= 11 is 0. The highest BCUT2D eigenvalue weighted by molar-refractivity contribution is 6.23. The summed E-state index contributed by atoms with van der Waals surface area (Å²) in [5.41, 5.74) is 18.5. The zero-order chi connectivity index (χ0) is 38.9. The van der Waals surface area contributed by atoms with Gasteiger partial charge in [0.15, 0.2) is 0 Å². The molecule has 0 spiro atoms. The Hall–Kier alpha value is -6.76. The summed E-state index contributed by atoms with van der Waals surface area (Å²) in [6.45, 7) is 9.62. The van der Waals surface area contributed by atoms with E-state index in [4.69, 9.17) is 0 Å². The van der Waals surface area contributed by atoms with Crippen LogP contribution in [0.15, 0.2) is 182 Å². The summed E-state index contributed by atoms with van der Waals surface area (Å²) in [4.78, 5) is 0. The molecular weight excluding hydrogens is 697 g/mol. The molecule has 12 rings (SSSR count). The number of hydrogen-bond acceptors (Lipinski definition) is 0. The molecule has 0 fully saturated rings. The molecule has 2 aliphatic rings. The fourth-order valence-electron chi connectivity index (χ4n) is 11.1. The van der Waals surface area contributed by atoms with Gasteiger partial charge in [0.2, 0.25) is 0 Å². The van der Waals surface area contributed by atoms with Gasteiger partial charge in [0.05, 0.1) is 0 Å². The molecule has 274 valence electrons. The average Bonchev–Trinajstić information content (AvgIpc) is 3.63. The van der Waals surface area contributed by atoms with Crippen LogP contribution in [0.25, 0.3) is 98.7 Å². The van der Waals surface area contributed by atoms with E-state index in [9.17, 15) is 0 Å². The Morgan fingerprint density at radius 3 is 1.45 bits per heavy atom. The zero-order valence-corrected chi connectivity index (χ0v) is 33.3. The molecule has 0 radical (unpaired) electrons. The smallest absolute Gasteiger partial charge is 0.0165 e. The second-order valence-electron chi connectivity index (χ2n) is 17.6. The first-order valence-corrected chi connectivity index (χ1v) is 20.7. The third-order valence-corrected chi connectivity index (χ3v) is 13.8. The molecule has 58 heavy (non-hydrogen) atoms. The monoisotopic (exact) mass is 738 g/mol.